The number of anilines is 1. The first-order chi connectivity index (χ1) is 8.97. The minimum Gasteiger partial charge on any atom is -0.298 e. The van der Waals surface area contributed by atoms with Crippen molar-refractivity contribution < 1.29 is 9.72 Å². The zero-order valence-corrected chi connectivity index (χ0v) is 12.1. The summed E-state index contributed by atoms with van der Waals surface area (Å²) in [5, 5.41) is 13.2. The molecule has 0 bridgehead atoms. The topological polar surface area (TPSA) is 85.1 Å². The molecular formula is C11H8BrN3O3S. The van der Waals surface area contributed by atoms with Crippen molar-refractivity contribution in [2.45, 2.75) is 6.92 Å². The molecule has 1 aromatic heterocycles. The molecule has 0 aliphatic heterocycles. The molecule has 0 saturated heterocycles. The Labute approximate surface area is 120 Å². The second kappa shape index (κ2) is 5.45. The summed E-state index contributed by atoms with van der Waals surface area (Å²) in [7, 11) is 0. The highest BCUT2D eigenvalue weighted by Crippen LogP contribution is 2.25. The molecule has 98 valence electrons. The fourth-order valence-electron chi connectivity index (χ4n) is 1.45. The molecule has 0 aliphatic rings. The van der Waals surface area contributed by atoms with Crippen molar-refractivity contribution in [3.63, 3.8) is 0 Å². The van der Waals surface area contributed by atoms with Gasteiger partial charge in [0.15, 0.2) is 5.13 Å². The van der Waals surface area contributed by atoms with E-state index in [0.717, 1.165) is 27.6 Å². The number of carbonyl (C=O) groups is 1. The van der Waals surface area contributed by atoms with E-state index in [1.807, 2.05) is 13.0 Å². The van der Waals surface area contributed by atoms with Gasteiger partial charge >= 0.3 is 5.00 Å². The first-order valence-electron chi connectivity index (χ1n) is 5.15. The highest BCUT2D eigenvalue weighted by Gasteiger charge is 2.15. The van der Waals surface area contributed by atoms with E-state index in [1.54, 1.807) is 12.1 Å². The van der Waals surface area contributed by atoms with Gasteiger partial charge in [-0.2, -0.15) is 0 Å². The van der Waals surface area contributed by atoms with Crippen LogP contribution < -0.4 is 5.32 Å². The van der Waals surface area contributed by atoms with Crippen LogP contribution in [0.2, 0.25) is 0 Å². The number of rotatable bonds is 3. The molecule has 0 atom stereocenters. The second-order valence-corrected chi connectivity index (χ2v) is 5.60. The minimum absolute atomic E-state index is 0.108. The van der Waals surface area contributed by atoms with Crippen LogP contribution in [0.4, 0.5) is 10.1 Å². The number of thiazole rings is 1. The summed E-state index contributed by atoms with van der Waals surface area (Å²) in [6.45, 7) is 1.81. The SMILES string of the molecule is Cc1cc(Br)ccc1C(=O)Nc1ncc([N+](=O)[O-])s1. The predicted octanol–water partition coefficient (Wildman–Crippen LogP) is 3.37. The Bertz CT molecular complexity index is 656. The fourth-order valence-corrected chi connectivity index (χ4v) is 2.56. The quantitative estimate of drug-likeness (QED) is 0.684. The van der Waals surface area contributed by atoms with Crippen LogP contribution in [0.3, 0.4) is 0 Å². The number of halogens is 1. The van der Waals surface area contributed by atoms with E-state index in [0.29, 0.717) is 5.56 Å². The average molecular weight is 342 g/mol. The molecule has 8 heteroatoms. The maximum atomic E-state index is 12.0. The minimum atomic E-state index is -0.543. The van der Waals surface area contributed by atoms with Crippen LogP contribution in [0.5, 0.6) is 0 Å². The number of benzene rings is 1. The molecule has 1 aromatic carbocycles. The number of nitrogens with zero attached hydrogens (tertiary/aromatic N) is 2. The molecule has 1 N–H and O–H groups in total. The summed E-state index contributed by atoms with van der Waals surface area (Å²) < 4.78 is 0.881. The Hall–Kier alpha value is -1.80. The van der Waals surface area contributed by atoms with Crippen LogP contribution in [-0.4, -0.2) is 15.8 Å². The Morgan fingerprint density at radius 2 is 2.26 bits per heavy atom. The lowest BCUT2D eigenvalue weighted by atomic mass is 10.1. The number of aryl methyl sites for hydroxylation is 1. The van der Waals surface area contributed by atoms with Crippen molar-refractivity contribution in [2.24, 2.45) is 0 Å². The number of aromatic nitrogens is 1. The van der Waals surface area contributed by atoms with E-state index in [4.69, 9.17) is 0 Å². The molecule has 0 fully saturated rings. The van der Waals surface area contributed by atoms with Gasteiger partial charge in [0.1, 0.15) is 6.20 Å². The van der Waals surface area contributed by atoms with Crippen molar-refractivity contribution in [1.82, 2.24) is 4.98 Å². The molecule has 1 heterocycles. The van der Waals surface area contributed by atoms with Gasteiger partial charge in [-0.1, -0.05) is 15.9 Å². The van der Waals surface area contributed by atoms with E-state index >= 15 is 0 Å². The second-order valence-electron chi connectivity index (χ2n) is 3.67. The zero-order valence-electron chi connectivity index (χ0n) is 9.71. The maximum absolute atomic E-state index is 12.0. The van der Waals surface area contributed by atoms with Crippen LogP contribution >= 0.6 is 27.3 Å². The lowest BCUT2D eigenvalue weighted by Crippen LogP contribution is -2.13. The molecular weight excluding hydrogens is 334 g/mol. The van der Waals surface area contributed by atoms with Crippen LogP contribution in [0.1, 0.15) is 15.9 Å². The molecule has 0 saturated carbocycles. The number of hydrogen-bond donors (Lipinski definition) is 1. The van der Waals surface area contributed by atoms with Gasteiger partial charge in [-0.3, -0.25) is 20.2 Å². The van der Waals surface area contributed by atoms with Crippen molar-refractivity contribution in [2.75, 3.05) is 5.32 Å². The van der Waals surface area contributed by atoms with Crippen molar-refractivity contribution >= 4 is 43.3 Å². The van der Waals surface area contributed by atoms with Crippen LogP contribution in [0.25, 0.3) is 0 Å². The molecule has 0 spiro atoms. The Morgan fingerprint density at radius 3 is 2.84 bits per heavy atom. The number of carbonyl (C=O) groups excluding carboxylic acids is 1. The first-order valence-corrected chi connectivity index (χ1v) is 6.76. The Morgan fingerprint density at radius 1 is 1.53 bits per heavy atom. The van der Waals surface area contributed by atoms with Gasteiger partial charge in [-0.05, 0) is 42.0 Å². The summed E-state index contributed by atoms with van der Waals surface area (Å²) in [5.74, 6) is -0.339. The summed E-state index contributed by atoms with van der Waals surface area (Å²) >= 11 is 4.14. The van der Waals surface area contributed by atoms with Gasteiger partial charge in [0.2, 0.25) is 0 Å². The third-order valence-corrected chi connectivity index (χ3v) is 3.68. The summed E-state index contributed by atoms with van der Waals surface area (Å²) in [5.41, 5.74) is 1.30. The van der Waals surface area contributed by atoms with Crippen molar-refractivity contribution in [3.8, 4) is 0 Å². The van der Waals surface area contributed by atoms with Gasteiger partial charge in [0.25, 0.3) is 5.91 Å². The predicted molar refractivity (Wildman–Crippen MR) is 75.6 cm³/mol. The molecule has 19 heavy (non-hydrogen) atoms. The van der Waals surface area contributed by atoms with E-state index in [1.165, 1.54) is 0 Å². The Kier molecular flexibility index (Phi) is 3.91. The highest BCUT2D eigenvalue weighted by molar-refractivity contribution is 9.10. The lowest BCUT2D eigenvalue weighted by molar-refractivity contribution is -0.380. The molecule has 0 aliphatic carbocycles. The molecule has 6 nitrogen and oxygen atoms in total. The smallest absolute Gasteiger partial charge is 0.298 e. The average Bonchev–Trinajstić information content (AvgIpc) is 2.77. The van der Waals surface area contributed by atoms with Gasteiger partial charge in [0.05, 0.1) is 4.92 Å². The van der Waals surface area contributed by atoms with E-state index in [2.05, 4.69) is 26.2 Å². The Balaban J connectivity index is 2.18. The highest BCUT2D eigenvalue weighted by atomic mass is 79.9. The van der Waals surface area contributed by atoms with Crippen molar-refractivity contribution in [3.05, 3.63) is 50.1 Å². The number of hydrogen-bond acceptors (Lipinski definition) is 5. The van der Waals surface area contributed by atoms with E-state index in [9.17, 15) is 14.9 Å². The lowest BCUT2D eigenvalue weighted by Gasteiger charge is -2.05. The van der Waals surface area contributed by atoms with Gasteiger partial charge in [-0.25, -0.2) is 4.98 Å². The maximum Gasteiger partial charge on any atom is 0.345 e. The van der Waals surface area contributed by atoms with Gasteiger partial charge in [0, 0.05) is 10.0 Å². The van der Waals surface area contributed by atoms with E-state index in [-0.39, 0.29) is 16.0 Å². The van der Waals surface area contributed by atoms with Crippen LogP contribution in [0, 0.1) is 17.0 Å². The molecule has 0 radical (unpaired) electrons. The molecule has 0 unspecified atom stereocenters. The van der Waals surface area contributed by atoms with Gasteiger partial charge in [-0.15, -0.1) is 0 Å². The van der Waals surface area contributed by atoms with Crippen molar-refractivity contribution in [1.29, 1.82) is 0 Å². The van der Waals surface area contributed by atoms with Crippen LogP contribution in [-0.2, 0) is 0 Å². The molecule has 1 amide bonds. The largest absolute Gasteiger partial charge is 0.345 e. The monoisotopic (exact) mass is 341 g/mol. The summed E-state index contributed by atoms with van der Waals surface area (Å²) in [4.78, 5) is 25.8. The molecule has 2 aromatic rings. The van der Waals surface area contributed by atoms with Crippen LogP contribution in [0.15, 0.2) is 28.9 Å². The zero-order chi connectivity index (χ0) is 14.0. The van der Waals surface area contributed by atoms with E-state index < -0.39 is 4.92 Å². The normalized spacial score (nSPS) is 10.2. The number of amides is 1. The first kappa shape index (κ1) is 13.6. The standard InChI is InChI=1S/C11H8BrN3O3S/c1-6-4-7(12)2-3-8(6)10(16)14-11-13-5-9(19-11)15(17)18/h2-5H,1H3,(H,13,14,16). The third-order valence-electron chi connectivity index (χ3n) is 2.33. The molecule has 2 rings (SSSR count). The number of nitro groups is 1. The third kappa shape index (κ3) is 3.15. The summed E-state index contributed by atoms with van der Waals surface area (Å²) in [6.07, 6.45) is 1.12. The summed E-state index contributed by atoms with van der Waals surface area (Å²) in [6, 6.07) is 5.25. The number of nitrogens with one attached hydrogen (secondary N) is 1. The fraction of sp³-hybridized carbons (Fsp3) is 0.0909. The van der Waals surface area contributed by atoms with Gasteiger partial charge < -0.3 is 0 Å².